The number of nitrogens with zero attached hydrogens (tertiary/aromatic N) is 3. The second-order valence-electron chi connectivity index (χ2n) is 5.03. The zero-order valence-electron chi connectivity index (χ0n) is 12.4. The molecule has 1 aliphatic rings. The molecule has 2 heterocycles. The van der Waals surface area contributed by atoms with Crippen LogP contribution in [0.15, 0.2) is 24.4 Å². The molecule has 22 heavy (non-hydrogen) atoms. The first-order valence-corrected chi connectivity index (χ1v) is 7.37. The summed E-state index contributed by atoms with van der Waals surface area (Å²) in [6.07, 6.45) is 1.76. The topological polar surface area (TPSA) is 56.6 Å². The van der Waals surface area contributed by atoms with Crippen molar-refractivity contribution >= 4 is 23.2 Å². The number of hydrogen-bond acceptors (Lipinski definition) is 4. The van der Waals surface area contributed by atoms with Gasteiger partial charge in [0, 0.05) is 30.1 Å². The molecule has 0 saturated heterocycles. The number of alkyl halides is 1. The summed E-state index contributed by atoms with van der Waals surface area (Å²) in [6, 6.07) is 5.41. The number of carbonyl (C=O) groups is 1. The molecule has 7 heteroatoms. The van der Waals surface area contributed by atoms with Gasteiger partial charge in [-0.05, 0) is 19.1 Å². The van der Waals surface area contributed by atoms with Gasteiger partial charge in [-0.25, -0.2) is 0 Å². The molecule has 1 aromatic carbocycles. The molecule has 0 aliphatic carbocycles. The average molecular weight is 322 g/mol. The predicted octanol–water partition coefficient (Wildman–Crippen LogP) is 2.23. The number of fused-ring (bicyclic) bond motifs is 1. The van der Waals surface area contributed by atoms with Gasteiger partial charge in [0.05, 0.1) is 12.7 Å². The van der Waals surface area contributed by atoms with Crippen LogP contribution in [0.3, 0.4) is 0 Å². The maximum absolute atomic E-state index is 12.2. The van der Waals surface area contributed by atoms with Gasteiger partial charge in [-0.15, -0.1) is 11.6 Å². The van der Waals surface area contributed by atoms with Crippen LogP contribution in [0.1, 0.15) is 11.3 Å². The third kappa shape index (κ3) is 2.62. The Morgan fingerprint density at radius 1 is 1.41 bits per heavy atom. The molecule has 0 saturated carbocycles. The highest BCUT2D eigenvalue weighted by Crippen LogP contribution is 2.36. The van der Waals surface area contributed by atoms with E-state index in [9.17, 15) is 4.79 Å². The third-order valence-corrected chi connectivity index (χ3v) is 3.98. The van der Waals surface area contributed by atoms with Gasteiger partial charge < -0.3 is 14.4 Å². The standard InChI is InChI=1S/C15H16ClN3O3/c1-10-11(7-17-18(10)2)8-19(15(20)6-16)12-3-4-13-14(5-12)22-9-21-13/h3-5,7H,6,8-9H2,1-2H3. The van der Waals surface area contributed by atoms with Crippen LogP contribution in [0.2, 0.25) is 0 Å². The highest BCUT2D eigenvalue weighted by Gasteiger charge is 2.21. The Balaban J connectivity index is 1.93. The number of hydrogen-bond donors (Lipinski definition) is 0. The van der Waals surface area contributed by atoms with Crippen molar-refractivity contribution in [1.29, 1.82) is 0 Å². The Bertz CT molecular complexity index is 714. The Morgan fingerprint density at radius 3 is 2.86 bits per heavy atom. The number of ether oxygens (including phenoxy) is 2. The molecule has 0 bridgehead atoms. The zero-order valence-corrected chi connectivity index (χ0v) is 13.1. The molecule has 0 N–H and O–H groups in total. The fourth-order valence-corrected chi connectivity index (χ4v) is 2.46. The van der Waals surface area contributed by atoms with E-state index in [4.69, 9.17) is 21.1 Å². The van der Waals surface area contributed by atoms with E-state index in [0.717, 1.165) is 16.9 Å². The molecule has 0 radical (unpaired) electrons. The molecule has 1 amide bonds. The van der Waals surface area contributed by atoms with Crippen molar-refractivity contribution in [3.8, 4) is 11.5 Å². The third-order valence-electron chi connectivity index (χ3n) is 3.75. The second kappa shape index (κ2) is 5.88. The first-order chi connectivity index (χ1) is 10.6. The summed E-state index contributed by atoms with van der Waals surface area (Å²) in [5, 5.41) is 4.21. The minimum atomic E-state index is -0.177. The van der Waals surface area contributed by atoms with Crippen molar-refractivity contribution < 1.29 is 14.3 Å². The van der Waals surface area contributed by atoms with E-state index in [1.54, 1.807) is 27.9 Å². The molecule has 1 aliphatic heterocycles. The van der Waals surface area contributed by atoms with Gasteiger partial charge in [0.1, 0.15) is 5.88 Å². The number of rotatable bonds is 4. The summed E-state index contributed by atoms with van der Waals surface area (Å²) in [6.45, 7) is 2.57. The molecule has 6 nitrogen and oxygen atoms in total. The summed E-state index contributed by atoms with van der Waals surface area (Å²) in [7, 11) is 1.87. The number of aryl methyl sites for hydroxylation is 1. The van der Waals surface area contributed by atoms with Gasteiger partial charge in [0.2, 0.25) is 12.7 Å². The van der Waals surface area contributed by atoms with E-state index in [1.807, 2.05) is 20.0 Å². The summed E-state index contributed by atoms with van der Waals surface area (Å²) < 4.78 is 12.4. The number of anilines is 1. The fraction of sp³-hybridized carbons (Fsp3) is 0.333. The molecule has 0 atom stereocenters. The molecule has 0 unspecified atom stereocenters. The van der Waals surface area contributed by atoms with Gasteiger partial charge in [-0.1, -0.05) is 0 Å². The minimum Gasteiger partial charge on any atom is -0.454 e. The van der Waals surface area contributed by atoms with Gasteiger partial charge >= 0.3 is 0 Å². The molecule has 1 aromatic heterocycles. The first kappa shape index (κ1) is 14.7. The second-order valence-corrected chi connectivity index (χ2v) is 5.30. The summed E-state index contributed by atoms with van der Waals surface area (Å²) in [4.78, 5) is 13.9. The smallest absolute Gasteiger partial charge is 0.242 e. The van der Waals surface area contributed by atoms with Crippen LogP contribution in [0.4, 0.5) is 5.69 Å². The van der Waals surface area contributed by atoms with E-state index in [-0.39, 0.29) is 18.6 Å². The van der Waals surface area contributed by atoms with Gasteiger partial charge in [0.15, 0.2) is 11.5 Å². The lowest BCUT2D eigenvalue weighted by molar-refractivity contribution is -0.116. The molecular weight excluding hydrogens is 306 g/mol. The highest BCUT2D eigenvalue weighted by molar-refractivity contribution is 6.29. The Kier molecular flexibility index (Phi) is 3.94. The molecule has 2 aromatic rings. The van der Waals surface area contributed by atoms with Crippen LogP contribution in [0, 0.1) is 6.92 Å². The van der Waals surface area contributed by atoms with Crippen molar-refractivity contribution in [2.45, 2.75) is 13.5 Å². The number of halogens is 1. The normalized spacial score (nSPS) is 12.5. The molecular formula is C15H16ClN3O3. The number of carbonyl (C=O) groups excluding carboxylic acids is 1. The summed E-state index contributed by atoms with van der Waals surface area (Å²) in [5.41, 5.74) is 2.70. The van der Waals surface area contributed by atoms with Crippen LogP contribution in [0.5, 0.6) is 11.5 Å². The van der Waals surface area contributed by atoms with Gasteiger partial charge in [-0.3, -0.25) is 9.48 Å². The Morgan fingerprint density at radius 2 is 2.18 bits per heavy atom. The molecule has 116 valence electrons. The first-order valence-electron chi connectivity index (χ1n) is 6.83. The van der Waals surface area contributed by atoms with Crippen molar-refractivity contribution in [3.05, 3.63) is 35.7 Å². The number of aromatic nitrogens is 2. The SMILES string of the molecule is Cc1c(CN(C(=O)CCl)c2ccc3c(c2)OCO3)cnn1C. The van der Waals surface area contributed by atoms with Crippen LogP contribution >= 0.6 is 11.6 Å². The maximum Gasteiger partial charge on any atom is 0.242 e. The molecule has 0 fully saturated rings. The van der Waals surface area contributed by atoms with E-state index >= 15 is 0 Å². The minimum absolute atomic E-state index is 0.0895. The average Bonchev–Trinajstić information content (AvgIpc) is 3.12. The van der Waals surface area contributed by atoms with Crippen molar-refractivity contribution in [2.75, 3.05) is 17.6 Å². The van der Waals surface area contributed by atoms with Crippen molar-refractivity contribution in [2.24, 2.45) is 7.05 Å². The largest absolute Gasteiger partial charge is 0.454 e. The maximum atomic E-state index is 12.2. The zero-order chi connectivity index (χ0) is 15.7. The van der Waals surface area contributed by atoms with Crippen LogP contribution in [0.25, 0.3) is 0 Å². The summed E-state index contributed by atoms with van der Waals surface area (Å²) in [5.74, 6) is 1.05. The number of benzene rings is 1. The quantitative estimate of drug-likeness (QED) is 0.810. The summed E-state index contributed by atoms with van der Waals surface area (Å²) >= 11 is 5.76. The van der Waals surface area contributed by atoms with Crippen LogP contribution < -0.4 is 14.4 Å². The monoisotopic (exact) mass is 321 g/mol. The van der Waals surface area contributed by atoms with Crippen molar-refractivity contribution in [3.63, 3.8) is 0 Å². The van der Waals surface area contributed by atoms with Crippen LogP contribution in [-0.4, -0.2) is 28.4 Å². The Labute approximate surface area is 133 Å². The molecule has 0 spiro atoms. The van der Waals surface area contributed by atoms with Gasteiger partial charge in [0.25, 0.3) is 0 Å². The number of amides is 1. The van der Waals surface area contributed by atoms with E-state index in [0.29, 0.717) is 18.0 Å². The van der Waals surface area contributed by atoms with E-state index < -0.39 is 0 Å². The van der Waals surface area contributed by atoms with Crippen molar-refractivity contribution in [1.82, 2.24) is 9.78 Å². The Hall–Kier alpha value is -2.21. The highest BCUT2D eigenvalue weighted by atomic mass is 35.5. The van der Waals surface area contributed by atoms with E-state index in [1.165, 1.54) is 0 Å². The lowest BCUT2D eigenvalue weighted by Gasteiger charge is -2.22. The lowest BCUT2D eigenvalue weighted by atomic mass is 10.2. The van der Waals surface area contributed by atoms with Gasteiger partial charge in [-0.2, -0.15) is 5.10 Å². The van der Waals surface area contributed by atoms with Crippen LogP contribution in [-0.2, 0) is 18.4 Å². The fourth-order valence-electron chi connectivity index (χ4n) is 2.32. The van der Waals surface area contributed by atoms with E-state index in [2.05, 4.69) is 5.10 Å². The predicted molar refractivity (Wildman–Crippen MR) is 82.4 cm³/mol. The lowest BCUT2D eigenvalue weighted by Crippen LogP contribution is -2.31. The molecule has 3 rings (SSSR count).